The van der Waals surface area contributed by atoms with E-state index in [0.29, 0.717) is 4.47 Å². The summed E-state index contributed by atoms with van der Waals surface area (Å²) >= 11 is 3.12. The average molecular weight is 330 g/mol. The molecule has 1 aliphatic carbocycles. The van der Waals surface area contributed by atoms with Crippen LogP contribution in [0.25, 0.3) is 0 Å². The first-order valence-electron chi connectivity index (χ1n) is 5.75. The third-order valence-electron chi connectivity index (χ3n) is 2.94. The Balaban J connectivity index is 2.15. The van der Waals surface area contributed by atoms with Crippen molar-refractivity contribution in [2.75, 3.05) is 0 Å². The van der Waals surface area contributed by atoms with E-state index in [2.05, 4.69) is 26.4 Å². The Morgan fingerprint density at radius 3 is 2.74 bits per heavy atom. The summed E-state index contributed by atoms with van der Waals surface area (Å²) < 4.78 is 13.7. The fraction of sp³-hybridized carbons (Fsp3) is 0.333. The summed E-state index contributed by atoms with van der Waals surface area (Å²) in [6, 6.07) is 3.39. The maximum Gasteiger partial charge on any atom is 0.252 e. The van der Waals surface area contributed by atoms with E-state index in [1.54, 1.807) is 0 Å². The van der Waals surface area contributed by atoms with Gasteiger partial charge in [0.1, 0.15) is 5.82 Å². The minimum atomic E-state index is -0.514. The van der Waals surface area contributed by atoms with Gasteiger partial charge in [-0.25, -0.2) is 4.39 Å². The second kappa shape index (κ2) is 5.56. The molecule has 1 fully saturated rings. The predicted octanol–water partition coefficient (Wildman–Crippen LogP) is 1.84. The molecule has 1 atom stereocenters. The molecule has 4 N–H and O–H groups in total. The molecule has 1 aliphatic rings. The van der Waals surface area contributed by atoms with Crippen molar-refractivity contribution in [1.82, 2.24) is 5.32 Å². The molecule has 0 saturated heterocycles. The highest BCUT2D eigenvalue weighted by atomic mass is 79.9. The Kier molecular flexibility index (Phi) is 4.04. The molecule has 19 heavy (non-hydrogen) atoms. The lowest BCUT2D eigenvalue weighted by atomic mass is 10.1. The zero-order valence-corrected chi connectivity index (χ0v) is 11.5. The van der Waals surface area contributed by atoms with Crippen molar-refractivity contribution < 1.29 is 14.4 Å². The third-order valence-corrected chi connectivity index (χ3v) is 3.40. The summed E-state index contributed by atoms with van der Waals surface area (Å²) in [4.78, 5) is 12.0. The molecule has 0 aromatic heterocycles. The van der Waals surface area contributed by atoms with Crippen LogP contribution in [0.2, 0.25) is 0 Å². The number of oxime groups is 1. The largest absolute Gasteiger partial charge is 0.409 e. The van der Waals surface area contributed by atoms with Crippen molar-refractivity contribution in [2.45, 2.75) is 18.9 Å². The quantitative estimate of drug-likeness (QED) is 0.341. The lowest BCUT2D eigenvalue weighted by molar-refractivity contribution is 0.0942. The number of halogens is 2. The molecular weight excluding hydrogens is 317 g/mol. The van der Waals surface area contributed by atoms with Crippen molar-refractivity contribution in [3.05, 3.63) is 34.1 Å². The molecule has 102 valence electrons. The summed E-state index contributed by atoms with van der Waals surface area (Å²) in [7, 11) is 0. The van der Waals surface area contributed by atoms with Crippen LogP contribution in [0.15, 0.2) is 27.8 Å². The van der Waals surface area contributed by atoms with Crippen molar-refractivity contribution in [3.8, 4) is 0 Å². The van der Waals surface area contributed by atoms with E-state index < -0.39 is 17.8 Å². The van der Waals surface area contributed by atoms with Gasteiger partial charge in [0.2, 0.25) is 0 Å². The van der Waals surface area contributed by atoms with Gasteiger partial charge in [0.15, 0.2) is 5.84 Å². The number of carbonyl (C=O) groups excluding carboxylic acids is 1. The molecule has 1 aromatic rings. The van der Waals surface area contributed by atoms with Gasteiger partial charge in [0, 0.05) is 10.0 Å². The highest BCUT2D eigenvalue weighted by Crippen LogP contribution is 2.33. The smallest absolute Gasteiger partial charge is 0.252 e. The highest BCUT2D eigenvalue weighted by molar-refractivity contribution is 9.10. The van der Waals surface area contributed by atoms with Gasteiger partial charge in [-0.3, -0.25) is 4.79 Å². The van der Waals surface area contributed by atoms with Crippen LogP contribution in [0.5, 0.6) is 0 Å². The van der Waals surface area contributed by atoms with Crippen LogP contribution in [0, 0.1) is 11.7 Å². The number of carbonyl (C=O) groups is 1. The molecule has 1 aromatic carbocycles. The van der Waals surface area contributed by atoms with Gasteiger partial charge in [0.05, 0.1) is 6.04 Å². The van der Waals surface area contributed by atoms with Gasteiger partial charge in [-0.1, -0.05) is 21.1 Å². The van der Waals surface area contributed by atoms with Gasteiger partial charge in [-0.15, -0.1) is 0 Å². The van der Waals surface area contributed by atoms with Crippen LogP contribution in [0.1, 0.15) is 23.2 Å². The first-order valence-corrected chi connectivity index (χ1v) is 6.55. The number of nitrogens with zero attached hydrogens (tertiary/aromatic N) is 1. The van der Waals surface area contributed by atoms with Crippen molar-refractivity contribution in [3.63, 3.8) is 0 Å². The summed E-state index contributed by atoms with van der Waals surface area (Å²) in [5.41, 5.74) is 5.73. The van der Waals surface area contributed by atoms with E-state index in [1.807, 2.05) is 0 Å². The number of benzene rings is 1. The van der Waals surface area contributed by atoms with Gasteiger partial charge in [-0.05, 0) is 37.0 Å². The summed E-state index contributed by atoms with van der Waals surface area (Å²) in [5.74, 6) is -0.821. The maximum atomic E-state index is 13.2. The number of rotatable bonds is 4. The fourth-order valence-electron chi connectivity index (χ4n) is 1.83. The first-order chi connectivity index (χ1) is 9.01. The van der Waals surface area contributed by atoms with Gasteiger partial charge >= 0.3 is 0 Å². The molecule has 1 unspecified atom stereocenters. The van der Waals surface area contributed by atoms with Gasteiger partial charge in [-0.2, -0.15) is 0 Å². The third kappa shape index (κ3) is 3.44. The Labute approximate surface area is 117 Å². The molecule has 1 amide bonds. The molecule has 0 heterocycles. The molecular formula is C12H13BrFN3O2. The molecule has 0 bridgehead atoms. The first kappa shape index (κ1) is 13.8. The Hall–Kier alpha value is -1.63. The average Bonchev–Trinajstić information content (AvgIpc) is 3.17. The van der Waals surface area contributed by atoms with Crippen LogP contribution >= 0.6 is 15.9 Å². The number of hydrogen-bond donors (Lipinski definition) is 3. The van der Waals surface area contributed by atoms with E-state index in [-0.39, 0.29) is 17.3 Å². The van der Waals surface area contributed by atoms with Crippen LogP contribution in [0.3, 0.4) is 0 Å². The minimum absolute atomic E-state index is 0.0358. The second-order valence-corrected chi connectivity index (χ2v) is 5.39. The number of amidine groups is 1. The van der Waals surface area contributed by atoms with Gasteiger partial charge in [0.25, 0.3) is 5.91 Å². The Morgan fingerprint density at radius 2 is 2.21 bits per heavy atom. The molecule has 0 radical (unpaired) electrons. The second-order valence-electron chi connectivity index (χ2n) is 4.47. The van der Waals surface area contributed by atoms with Crippen LogP contribution < -0.4 is 11.1 Å². The van der Waals surface area contributed by atoms with E-state index in [4.69, 9.17) is 10.9 Å². The zero-order valence-electron chi connectivity index (χ0n) is 9.94. The topological polar surface area (TPSA) is 87.7 Å². The predicted molar refractivity (Wildman–Crippen MR) is 71.5 cm³/mol. The van der Waals surface area contributed by atoms with Crippen LogP contribution in [-0.4, -0.2) is 23.0 Å². The standard InChI is InChI=1S/C12H13BrFN3O2/c13-8-3-7(4-9(14)5-8)12(18)16-10(6-1-2-6)11(15)17-19/h3-6,10,19H,1-2H2,(H2,15,17)(H,16,18). The summed E-state index contributed by atoms with van der Waals surface area (Å²) in [5, 5.41) is 14.3. The summed E-state index contributed by atoms with van der Waals surface area (Å²) in [6.07, 6.45) is 1.82. The molecule has 5 nitrogen and oxygen atoms in total. The zero-order chi connectivity index (χ0) is 14.0. The fourth-order valence-corrected chi connectivity index (χ4v) is 2.30. The number of amides is 1. The monoisotopic (exact) mass is 329 g/mol. The molecule has 2 rings (SSSR count). The lowest BCUT2D eigenvalue weighted by Gasteiger charge is -2.16. The number of hydrogen-bond acceptors (Lipinski definition) is 3. The molecule has 1 saturated carbocycles. The van der Waals surface area contributed by atoms with Crippen molar-refractivity contribution in [2.24, 2.45) is 16.8 Å². The van der Waals surface area contributed by atoms with E-state index >= 15 is 0 Å². The lowest BCUT2D eigenvalue weighted by Crippen LogP contribution is -2.46. The normalized spacial score (nSPS) is 17.1. The maximum absolute atomic E-state index is 13.2. The van der Waals surface area contributed by atoms with E-state index in [9.17, 15) is 9.18 Å². The Morgan fingerprint density at radius 1 is 1.53 bits per heavy atom. The van der Waals surface area contributed by atoms with E-state index in [0.717, 1.165) is 18.9 Å². The molecule has 0 aliphatic heterocycles. The molecule has 7 heteroatoms. The Bertz CT molecular complexity index is 511. The van der Waals surface area contributed by atoms with Gasteiger partial charge < -0.3 is 16.3 Å². The summed E-state index contributed by atoms with van der Waals surface area (Å²) in [6.45, 7) is 0. The van der Waals surface area contributed by atoms with Crippen LogP contribution in [-0.2, 0) is 0 Å². The van der Waals surface area contributed by atoms with E-state index in [1.165, 1.54) is 12.1 Å². The minimum Gasteiger partial charge on any atom is -0.409 e. The van der Waals surface area contributed by atoms with Crippen molar-refractivity contribution >= 4 is 27.7 Å². The van der Waals surface area contributed by atoms with Crippen molar-refractivity contribution in [1.29, 1.82) is 0 Å². The SMILES string of the molecule is NC(=NO)C(NC(=O)c1cc(F)cc(Br)c1)C1CC1. The number of nitrogens with two attached hydrogens (primary N) is 1. The number of nitrogens with one attached hydrogen (secondary N) is 1. The molecule has 0 spiro atoms. The van der Waals surface area contributed by atoms with Crippen LogP contribution in [0.4, 0.5) is 4.39 Å². The highest BCUT2D eigenvalue weighted by Gasteiger charge is 2.35.